The quantitative estimate of drug-likeness (QED) is 0.0921. The molecule has 0 aromatic heterocycles. The van der Waals surface area contributed by atoms with Crippen molar-refractivity contribution in [1.82, 2.24) is 10.2 Å². The highest BCUT2D eigenvalue weighted by Gasteiger charge is 2.78. The lowest BCUT2D eigenvalue weighted by atomic mass is 9.70. The van der Waals surface area contributed by atoms with E-state index < -0.39 is 70.4 Å². The summed E-state index contributed by atoms with van der Waals surface area (Å²) < 4.78 is 18.7. The van der Waals surface area contributed by atoms with Crippen molar-refractivity contribution in [3.63, 3.8) is 0 Å². The van der Waals surface area contributed by atoms with Crippen molar-refractivity contribution in [3.05, 3.63) is 104 Å². The zero-order chi connectivity index (χ0) is 40.1. The number of carbonyl (C=O) groups excluding carboxylic acids is 4. The number of esters is 1. The lowest BCUT2D eigenvalue weighted by molar-refractivity contribution is -0.163. The second-order valence-corrected chi connectivity index (χ2v) is 16.2. The minimum absolute atomic E-state index is 0.0377. The SMILES string of the molecule is C=CCCC(=O)N[C@@H](COC)[C@@H](OC(=O)[C@@H]1[C@H]2O[C@@]3(CC2Br)[C@H](C(=O)N(CC=C)c2ccc4ccccc4c2)N([C@@H](CO)[C@@H](C)CC)C(=O)[C@@H]13)c1ccccc1. The minimum Gasteiger partial charge on any atom is -0.455 e. The van der Waals surface area contributed by atoms with E-state index in [9.17, 15) is 14.7 Å². The van der Waals surface area contributed by atoms with E-state index in [0.29, 0.717) is 24.1 Å². The number of amides is 3. The number of carbonyl (C=O) groups is 4. The number of hydrogen-bond acceptors (Lipinski definition) is 8. The highest BCUT2D eigenvalue weighted by atomic mass is 79.9. The van der Waals surface area contributed by atoms with Crippen LogP contribution in [0.4, 0.5) is 5.69 Å². The Labute approximate surface area is 337 Å². The summed E-state index contributed by atoms with van der Waals surface area (Å²) in [6.45, 7) is 11.4. The van der Waals surface area contributed by atoms with Gasteiger partial charge in [0.2, 0.25) is 11.8 Å². The van der Waals surface area contributed by atoms with Crippen LogP contribution in [0.5, 0.6) is 0 Å². The molecule has 56 heavy (non-hydrogen) atoms. The molecular weight excluding hydrogens is 778 g/mol. The van der Waals surface area contributed by atoms with E-state index >= 15 is 9.59 Å². The molecule has 12 heteroatoms. The number of aliphatic hydroxyl groups excluding tert-OH is 1. The average Bonchev–Trinajstić information content (AvgIpc) is 3.81. The number of hydrogen-bond donors (Lipinski definition) is 2. The Kier molecular flexibility index (Phi) is 13.1. The zero-order valence-corrected chi connectivity index (χ0v) is 33.8. The van der Waals surface area contributed by atoms with Crippen LogP contribution >= 0.6 is 15.9 Å². The molecule has 3 amide bonds. The molecule has 1 spiro atoms. The first-order valence-corrected chi connectivity index (χ1v) is 20.3. The Bertz CT molecular complexity index is 1930. The second kappa shape index (κ2) is 17.8. The molecule has 3 aromatic carbocycles. The van der Waals surface area contributed by atoms with Crippen LogP contribution in [0.1, 0.15) is 51.2 Å². The molecule has 298 valence electrons. The van der Waals surface area contributed by atoms with Crippen molar-refractivity contribution in [2.75, 3.05) is 31.8 Å². The number of nitrogens with zero attached hydrogens (tertiary/aromatic N) is 2. The number of halogens is 1. The predicted molar refractivity (Wildman–Crippen MR) is 218 cm³/mol. The van der Waals surface area contributed by atoms with E-state index in [2.05, 4.69) is 34.4 Å². The summed E-state index contributed by atoms with van der Waals surface area (Å²) in [5.41, 5.74) is -0.170. The number of ether oxygens (including phenoxy) is 3. The van der Waals surface area contributed by atoms with Gasteiger partial charge in [0, 0.05) is 30.6 Å². The Morgan fingerprint density at radius 3 is 2.46 bits per heavy atom. The Balaban J connectivity index is 1.41. The number of likely N-dealkylation sites (tertiary alicyclic amines) is 1. The lowest BCUT2D eigenvalue weighted by Crippen LogP contribution is -2.60. The number of rotatable bonds is 18. The van der Waals surface area contributed by atoms with Crippen LogP contribution in [0.15, 0.2) is 98.1 Å². The predicted octanol–water partition coefficient (Wildman–Crippen LogP) is 5.90. The maximum atomic E-state index is 15.3. The number of methoxy groups -OCH3 is 1. The molecule has 3 saturated heterocycles. The van der Waals surface area contributed by atoms with Gasteiger partial charge in [-0.1, -0.05) is 109 Å². The topological polar surface area (TPSA) is 135 Å². The maximum absolute atomic E-state index is 15.3. The van der Waals surface area contributed by atoms with E-state index in [0.717, 1.165) is 10.8 Å². The van der Waals surface area contributed by atoms with Crippen LogP contribution in [-0.2, 0) is 33.4 Å². The Morgan fingerprint density at radius 1 is 1.09 bits per heavy atom. The molecule has 0 radical (unpaired) electrons. The molecule has 3 fully saturated rings. The average molecular weight is 831 g/mol. The first kappa shape index (κ1) is 41.3. The fourth-order valence-electron chi connectivity index (χ4n) is 8.86. The van der Waals surface area contributed by atoms with Gasteiger partial charge in [-0.3, -0.25) is 19.2 Å². The first-order valence-electron chi connectivity index (χ1n) is 19.4. The third-order valence-electron chi connectivity index (χ3n) is 11.7. The lowest BCUT2D eigenvalue weighted by Gasteiger charge is -2.41. The summed E-state index contributed by atoms with van der Waals surface area (Å²) in [6.07, 6.45) is 3.08. The maximum Gasteiger partial charge on any atom is 0.313 e. The molecule has 0 aliphatic carbocycles. The number of alkyl halides is 1. The third-order valence-corrected chi connectivity index (χ3v) is 12.6. The monoisotopic (exact) mass is 829 g/mol. The smallest absolute Gasteiger partial charge is 0.313 e. The van der Waals surface area contributed by atoms with Crippen LogP contribution in [0.25, 0.3) is 10.8 Å². The van der Waals surface area contributed by atoms with Crippen molar-refractivity contribution in [3.8, 4) is 0 Å². The largest absolute Gasteiger partial charge is 0.455 e. The van der Waals surface area contributed by atoms with Crippen LogP contribution in [-0.4, -0.2) is 95.2 Å². The fourth-order valence-corrected chi connectivity index (χ4v) is 9.80. The van der Waals surface area contributed by atoms with Crippen molar-refractivity contribution in [2.24, 2.45) is 17.8 Å². The van der Waals surface area contributed by atoms with Gasteiger partial charge in [0.1, 0.15) is 17.7 Å². The van der Waals surface area contributed by atoms with Crippen LogP contribution in [0.3, 0.4) is 0 Å². The van der Waals surface area contributed by atoms with Crippen molar-refractivity contribution >= 4 is 56.1 Å². The van der Waals surface area contributed by atoms with Gasteiger partial charge in [0.15, 0.2) is 0 Å². The van der Waals surface area contributed by atoms with E-state index in [1.165, 1.54) is 12.0 Å². The summed E-state index contributed by atoms with van der Waals surface area (Å²) in [7, 11) is 1.50. The van der Waals surface area contributed by atoms with Gasteiger partial charge in [-0.05, 0) is 47.2 Å². The van der Waals surface area contributed by atoms with Gasteiger partial charge >= 0.3 is 5.97 Å². The molecule has 10 atom stereocenters. The van der Waals surface area contributed by atoms with E-state index in [1.807, 2.05) is 74.5 Å². The molecule has 3 aromatic rings. The molecule has 2 bridgehead atoms. The summed E-state index contributed by atoms with van der Waals surface area (Å²) in [6, 6.07) is 20.0. The molecule has 6 rings (SSSR count). The van der Waals surface area contributed by atoms with E-state index in [-0.39, 0.29) is 44.4 Å². The van der Waals surface area contributed by atoms with Gasteiger partial charge in [0.25, 0.3) is 5.91 Å². The molecule has 3 heterocycles. The molecule has 0 saturated carbocycles. The van der Waals surface area contributed by atoms with Gasteiger partial charge in [-0.25, -0.2) is 0 Å². The second-order valence-electron chi connectivity index (χ2n) is 15.0. The molecule has 3 aliphatic heterocycles. The fraction of sp³-hybridized carbons (Fsp3) is 0.455. The highest BCUT2D eigenvalue weighted by molar-refractivity contribution is 9.09. The first-order chi connectivity index (χ1) is 27.0. The number of anilines is 1. The normalized spacial score (nSPS) is 25.9. The van der Waals surface area contributed by atoms with Crippen molar-refractivity contribution in [2.45, 2.75) is 80.3 Å². The van der Waals surface area contributed by atoms with Crippen LogP contribution in [0.2, 0.25) is 0 Å². The molecule has 3 aliphatic rings. The van der Waals surface area contributed by atoms with Crippen LogP contribution < -0.4 is 10.2 Å². The molecule has 1 unspecified atom stereocenters. The van der Waals surface area contributed by atoms with E-state index in [4.69, 9.17) is 14.2 Å². The number of fused-ring (bicyclic) bond motifs is 2. The Hall–Kier alpha value is -4.36. The summed E-state index contributed by atoms with van der Waals surface area (Å²) in [5.74, 6) is -4.15. The van der Waals surface area contributed by atoms with E-state index in [1.54, 1.807) is 29.2 Å². The summed E-state index contributed by atoms with van der Waals surface area (Å²) >= 11 is 3.77. The highest BCUT2D eigenvalue weighted by Crippen LogP contribution is 2.61. The van der Waals surface area contributed by atoms with Gasteiger partial charge in [0.05, 0.1) is 43.2 Å². The number of allylic oxidation sites excluding steroid dienone is 1. The Morgan fingerprint density at radius 2 is 1.80 bits per heavy atom. The number of benzene rings is 3. The van der Waals surface area contributed by atoms with Crippen molar-refractivity contribution < 1.29 is 38.5 Å². The third kappa shape index (κ3) is 7.68. The van der Waals surface area contributed by atoms with Gasteiger partial charge in [-0.15, -0.1) is 13.2 Å². The van der Waals surface area contributed by atoms with Crippen molar-refractivity contribution in [1.29, 1.82) is 0 Å². The molecule has 11 nitrogen and oxygen atoms in total. The summed E-state index contributed by atoms with van der Waals surface area (Å²) in [4.78, 5) is 60.9. The zero-order valence-electron chi connectivity index (χ0n) is 32.2. The van der Waals surface area contributed by atoms with Gasteiger partial charge < -0.3 is 34.4 Å². The van der Waals surface area contributed by atoms with Gasteiger partial charge in [-0.2, -0.15) is 0 Å². The summed E-state index contributed by atoms with van der Waals surface area (Å²) in [5, 5.41) is 15.8. The minimum atomic E-state index is -1.42. The number of aliphatic hydroxyl groups is 1. The van der Waals surface area contributed by atoms with Crippen LogP contribution in [0, 0.1) is 17.8 Å². The standard InChI is InChI=1S/C44H52BrN3O8/c1-6-9-19-35(50)46-33(26-54-5)38(29-16-11-10-12-17-29)55-43(53)36-37-41(51)48(34(25-49)27(4)8-3)40(44(37)24-32(45)39(36)56-44)42(52)47(22-7-2)31-21-20-28-15-13-14-18-30(28)23-31/h6-7,10-18,20-21,23,27,32-34,36-40,49H,1-2,8-9,19,22,24-26H2,3-5H3,(H,46,50)/t27-,32?,33-,34-,36-,37+,38-,39-,40-,44+/m0/s1. The molecule has 2 N–H and O–H groups in total. The number of nitrogens with one attached hydrogen (secondary N) is 1. The molecular formula is C44H52BrN3O8.